The van der Waals surface area contributed by atoms with Gasteiger partial charge < -0.3 is 15.7 Å². The van der Waals surface area contributed by atoms with Crippen molar-refractivity contribution in [3.05, 3.63) is 0 Å². The second-order valence-electron chi connectivity index (χ2n) is 3.69. The van der Waals surface area contributed by atoms with Crippen molar-refractivity contribution in [2.75, 3.05) is 0 Å². The van der Waals surface area contributed by atoms with Crippen molar-refractivity contribution < 1.29 is 14.7 Å². The van der Waals surface area contributed by atoms with Crippen LogP contribution in [-0.4, -0.2) is 29.2 Å². The van der Waals surface area contributed by atoms with Crippen molar-refractivity contribution >= 4 is 12.0 Å². The molecule has 2 atom stereocenters. The van der Waals surface area contributed by atoms with Gasteiger partial charge in [-0.3, -0.25) is 4.79 Å². The van der Waals surface area contributed by atoms with Gasteiger partial charge in [0.2, 0.25) is 5.91 Å². The standard InChI is InChI=1S/C8H12N2O3/c11-6-3-5(9-8(12)13)7(10-6)4-1-2-4/h4-5,7,9H,1-3H2,(H,10,11)(H,12,13)/t5-,7+/m1/s1. The number of carbonyl (C=O) groups is 2. The Bertz CT molecular complexity index is 250. The summed E-state index contributed by atoms with van der Waals surface area (Å²) in [4.78, 5) is 21.4. The van der Waals surface area contributed by atoms with E-state index in [0.29, 0.717) is 5.92 Å². The van der Waals surface area contributed by atoms with Crippen molar-refractivity contribution in [3.63, 3.8) is 0 Å². The first-order valence-electron chi connectivity index (χ1n) is 4.45. The highest BCUT2D eigenvalue weighted by atomic mass is 16.4. The Balaban J connectivity index is 1.98. The summed E-state index contributed by atoms with van der Waals surface area (Å²) in [5.41, 5.74) is 0. The molecule has 13 heavy (non-hydrogen) atoms. The number of rotatable bonds is 2. The smallest absolute Gasteiger partial charge is 0.404 e. The fourth-order valence-corrected chi connectivity index (χ4v) is 1.87. The van der Waals surface area contributed by atoms with Crippen LogP contribution in [0.1, 0.15) is 19.3 Å². The predicted octanol–water partition coefficient (Wildman–Crippen LogP) is -0.0789. The van der Waals surface area contributed by atoms with Gasteiger partial charge in [-0.1, -0.05) is 0 Å². The van der Waals surface area contributed by atoms with E-state index in [1.54, 1.807) is 0 Å². The third-order valence-electron chi connectivity index (χ3n) is 2.61. The summed E-state index contributed by atoms with van der Waals surface area (Å²) in [5, 5.41) is 13.7. The van der Waals surface area contributed by atoms with Gasteiger partial charge in [0.15, 0.2) is 0 Å². The summed E-state index contributed by atoms with van der Waals surface area (Å²) in [6.45, 7) is 0. The van der Waals surface area contributed by atoms with E-state index in [9.17, 15) is 9.59 Å². The third kappa shape index (κ3) is 1.74. The molecule has 72 valence electrons. The maximum absolute atomic E-state index is 11.0. The minimum atomic E-state index is -1.05. The highest BCUT2D eigenvalue weighted by molar-refractivity contribution is 5.81. The number of carboxylic acid groups (broad SMARTS) is 1. The van der Waals surface area contributed by atoms with Crippen LogP contribution < -0.4 is 10.6 Å². The number of nitrogens with one attached hydrogen (secondary N) is 2. The second kappa shape index (κ2) is 2.90. The lowest BCUT2D eigenvalue weighted by atomic mass is 10.1. The Morgan fingerprint density at radius 1 is 1.54 bits per heavy atom. The van der Waals surface area contributed by atoms with Crippen LogP contribution in [0.3, 0.4) is 0 Å². The van der Waals surface area contributed by atoms with Crippen LogP contribution in [0.5, 0.6) is 0 Å². The number of carbonyl (C=O) groups excluding carboxylic acids is 1. The molecule has 0 aromatic carbocycles. The lowest BCUT2D eigenvalue weighted by molar-refractivity contribution is -0.119. The van der Waals surface area contributed by atoms with Crippen LogP contribution in [0.15, 0.2) is 0 Å². The number of hydrogen-bond donors (Lipinski definition) is 3. The Morgan fingerprint density at radius 2 is 2.23 bits per heavy atom. The van der Waals surface area contributed by atoms with Gasteiger partial charge in [-0.15, -0.1) is 0 Å². The van der Waals surface area contributed by atoms with Gasteiger partial charge in [-0.2, -0.15) is 0 Å². The van der Waals surface area contributed by atoms with E-state index in [2.05, 4.69) is 10.6 Å². The summed E-state index contributed by atoms with van der Waals surface area (Å²) in [6, 6.07) is -0.193. The molecule has 1 saturated heterocycles. The maximum Gasteiger partial charge on any atom is 0.404 e. The van der Waals surface area contributed by atoms with Crippen LogP contribution in [0, 0.1) is 5.92 Å². The van der Waals surface area contributed by atoms with Crippen molar-refractivity contribution in [3.8, 4) is 0 Å². The molecular weight excluding hydrogens is 172 g/mol. The molecule has 0 bridgehead atoms. The van der Waals surface area contributed by atoms with Crippen molar-refractivity contribution in [1.29, 1.82) is 0 Å². The molecule has 2 aliphatic rings. The van der Waals surface area contributed by atoms with Crippen molar-refractivity contribution in [2.24, 2.45) is 5.92 Å². The van der Waals surface area contributed by atoms with E-state index in [4.69, 9.17) is 5.11 Å². The van der Waals surface area contributed by atoms with E-state index in [0.717, 1.165) is 12.8 Å². The molecule has 2 amide bonds. The number of amides is 2. The molecule has 5 heteroatoms. The Hall–Kier alpha value is -1.26. The van der Waals surface area contributed by atoms with Crippen LogP contribution >= 0.6 is 0 Å². The van der Waals surface area contributed by atoms with Crippen LogP contribution in [0.2, 0.25) is 0 Å². The SMILES string of the molecule is O=C(O)N[C@@H]1CC(=O)N[C@H]1C1CC1. The molecule has 1 saturated carbocycles. The summed E-state index contributed by atoms with van der Waals surface area (Å²) >= 11 is 0. The van der Waals surface area contributed by atoms with Gasteiger partial charge >= 0.3 is 6.09 Å². The zero-order chi connectivity index (χ0) is 9.42. The molecule has 0 unspecified atom stereocenters. The average Bonchev–Trinajstić information content (AvgIpc) is 2.77. The van der Waals surface area contributed by atoms with E-state index in [1.807, 2.05) is 0 Å². The first kappa shape index (κ1) is 8.34. The Labute approximate surface area is 75.5 Å². The minimum Gasteiger partial charge on any atom is -0.465 e. The highest BCUT2D eigenvalue weighted by Crippen LogP contribution is 2.36. The monoisotopic (exact) mass is 184 g/mol. The van der Waals surface area contributed by atoms with Gasteiger partial charge in [-0.05, 0) is 18.8 Å². The molecule has 1 aliphatic carbocycles. The maximum atomic E-state index is 11.0. The van der Waals surface area contributed by atoms with Gasteiger partial charge in [0.25, 0.3) is 0 Å². The van der Waals surface area contributed by atoms with Gasteiger partial charge in [-0.25, -0.2) is 4.79 Å². The molecule has 1 heterocycles. The fraction of sp³-hybridized carbons (Fsp3) is 0.750. The van der Waals surface area contributed by atoms with E-state index in [1.165, 1.54) is 0 Å². The average molecular weight is 184 g/mol. The molecule has 0 aromatic rings. The lowest BCUT2D eigenvalue weighted by Gasteiger charge is -2.17. The van der Waals surface area contributed by atoms with Crippen LogP contribution in [-0.2, 0) is 4.79 Å². The summed E-state index contributed by atoms with van der Waals surface area (Å²) in [5.74, 6) is 0.443. The van der Waals surface area contributed by atoms with Gasteiger partial charge in [0.1, 0.15) is 0 Å². The molecule has 5 nitrogen and oxygen atoms in total. The first-order valence-corrected chi connectivity index (χ1v) is 4.45. The van der Waals surface area contributed by atoms with Crippen molar-refractivity contribution in [2.45, 2.75) is 31.3 Å². The highest BCUT2D eigenvalue weighted by Gasteiger charge is 2.43. The molecule has 2 fully saturated rings. The normalized spacial score (nSPS) is 32.8. The third-order valence-corrected chi connectivity index (χ3v) is 2.61. The zero-order valence-electron chi connectivity index (χ0n) is 7.12. The van der Waals surface area contributed by atoms with Gasteiger partial charge in [0, 0.05) is 6.42 Å². The first-order chi connectivity index (χ1) is 6.16. The number of hydrogen-bond acceptors (Lipinski definition) is 2. The molecule has 0 radical (unpaired) electrons. The second-order valence-corrected chi connectivity index (χ2v) is 3.69. The summed E-state index contributed by atoms with van der Waals surface area (Å²) < 4.78 is 0. The van der Waals surface area contributed by atoms with E-state index < -0.39 is 6.09 Å². The van der Waals surface area contributed by atoms with E-state index >= 15 is 0 Å². The lowest BCUT2D eigenvalue weighted by Crippen LogP contribution is -2.44. The summed E-state index contributed by atoms with van der Waals surface area (Å²) in [7, 11) is 0. The Kier molecular flexibility index (Phi) is 1.86. The largest absolute Gasteiger partial charge is 0.465 e. The quantitative estimate of drug-likeness (QED) is 0.561. The molecule has 3 N–H and O–H groups in total. The zero-order valence-corrected chi connectivity index (χ0v) is 7.12. The van der Waals surface area contributed by atoms with Crippen molar-refractivity contribution in [1.82, 2.24) is 10.6 Å². The Morgan fingerprint density at radius 3 is 2.77 bits per heavy atom. The predicted molar refractivity (Wildman–Crippen MR) is 44.2 cm³/mol. The fourth-order valence-electron chi connectivity index (χ4n) is 1.87. The molecule has 1 aliphatic heterocycles. The molecule has 2 rings (SSSR count). The van der Waals surface area contributed by atoms with E-state index in [-0.39, 0.29) is 24.4 Å². The van der Waals surface area contributed by atoms with Crippen LogP contribution in [0.4, 0.5) is 4.79 Å². The molecular formula is C8H12N2O3. The molecule has 0 spiro atoms. The minimum absolute atomic E-state index is 0.0311. The topological polar surface area (TPSA) is 78.4 Å². The van der Waals surface area contributed by atoms with Crippen LogP contribution in [0.25, 0.3) is 0 Å². The summed E-state index contributed by atoms with van der Waals surface area (Å²) in [6.07, 6.45) is 1.44. The molecule has 0 aromatic heterocycles. The van der Waals surface area contributed by atoms with Gasteiger partial charge in [0.05, 0.1) is 12.1 Å².